The van der Waals surface area contributed by atoms with Gasteiger partial charge in [-0.1, -0.05) is 13.8 Å². The first-order chi connectivity index (χ1) is 13.2. The van der Waals surface area contributed by atoms with Crippen molar-refractivity contribution in [2.24, 2.45) is 11.3 Å². The summed E-state index contributed by atoms with van der Waals surface area (Å²) in [4.78, 5) is 35.8. The van der Waals surface area contributed by atoms with Crippen LogP contribution in [0.4, 0.5) is 0 Å². The second-order valence-electron chi connectivity index (χ2n) is 8.39. The molecule has 4 rings (SSSR count). The van der Waals surface area contributed by atoms with E-state index < -0.39 is 42.3 Å². The van der Waals surface area contributed by atoms with Crippen molar-refractivity contribution in [3.05, 3.63) is 34.6 Å². The molecule has 0 N–H and O–H groups in total. The van der Waals surface area contributed by atoms with Crippen molar-refractivity contribution in [2.45, 2.75) is 65.5 Å². The van der Waals surface area contributed by atoms with Gasteiger partial charge >= 0.3 is 17.9 Å². The van der Waals surface area contributed by atoms with Crippen LogP contribution in [0.1, 0.15) is 47.0 Å². The van der Waals surface area contributed by atoms with Crippen LogP contribution in [0.2, 0.25) is 0 Å². The summed E-state index contributed by atoms with van der Waals surface area (Å²) >= 11 is 0. The van der Waals surface area contributed by atoms with Crippen molar-refractivity contribution >= 4 is 17.9 Å². The van der Waals surface area contributed by atoms with Gasteiger partial charge in [0.1, 0.15) is 12.2 Å². The normalized spacial score (nSPS) is 34.6. The molecule has 28 heavy (non-hydrogen) atoms. The van der Waals surface area contributed by atoms with Crippen LogP contribution in [0.25, 0.3) is 0 Å². The lowest BCUT2D eigenvalue weighted by molar-refractivity contribution is -0.152. The Hall–Kier alpha value is -2.57. The molecule has 0 spiro atoms. The summed E-state index contributed by atoms with van der Waals surface area (Å²) < 4.78 is 21.9. The minimum absolute atomic E-state index is 0.136. The fourth-order valence-corrected chi connectivity index (χ4v) is 4.78. The van der Waals surface area contributed by atoms with E-state index in [2.05, 4.69) is 13.8 Å². The molecule has 1 fully saturated rings. The van der Waals surface area contributed by atoms with Crippen LogP contribution in [-0.2, 0) is 33.3 Å². The van der Waals surface area contributed by atoms with Gasteiger partial charge in [-0.25, -0.2) is 9.59 Å². The van der Waals surface area contributed by atoms with Gasteiger partial charge in [0.15, 0.2) is 0 Å². The smallest absolute Gasteiger partial charge is 0.338 e. The Kier molecular flexibility index (Phi) is 4.36. The maximum Gasteiger partial charge on any atom is 0.338 e. The summed E-state index contributed by atoms with van der Waals surface area (Å²) in [5, 5.41) is 0. The van der Waals surface area contributed by atoms with Crippen LogP contribution < -0.4 is 0 Å². The van der Waals surface area contributed by atoms with Crippen molar-refractivity contribution in [3.63, 3.8) is 0 Å². The molecule has 7 nitrogen and oxygen atoms in total. The van der Waals surface area contributed by atoms with Crippen LogP contribution >= 0.6 is 0 Å². The number of hydrogen-bond donors (Lipinski definition) is 0. The molecule has 0 aromatic heterocycles. The van der Waals surface area contributed by atoms with E-state index in [1.807, 2.05) is 0 Å². The zero-order valence-electron chi connectivity index (χ0n) is 16.4. The van der Waals surface area contributed by atoms with Crippen LogP contribution in [0.3, 0.4) is 0 Å². The molecule has 0 aromatic rings. The Morgan fingerprint density at radius 2 is 2.00 bits per heavy atom. The third-order valence-corrected chi connectivity index (χ3v) is 5.99. The molecule has 2 aliphatic carbocycles. The standard InChI is InChI=1S/C21H24O7/c1-10-8-14(27-19(10)23)25-9-13-15-17(26-11(2)22)12-6-5-7-21(3,4)16(12)18(15)28-20(13)24/h8-9,14-15,17-18H,5-7H2,1-4H3/t14-,15+,17-,18+/m1/s1. The lowest BCUT2D eigenvalue weighted by atomic mass is 9.72. The first-order valence-corrected chi connectivity index (χ1v) is 9.55. The third kappa shape index (κ3) is 2.93. The van der Waals surface area contributed by atoms with E-state index >= 15 is 0 Å². The molecule has 2 heterocycles. The largest absolute Gasteiger partial charge is 0.458 e. The first-order valence-electron chi connectivity index (χ1n) is 9.55. The van der Waals surface area contributed by atoms with Crippen LogP contribution in [0.15, 0.2) is 34.6 Å². The second kappa shape index (κ2) is 6.50. The highest BCUT2D eigenvalue weighted by molar-refractivity contribution is 5.93. The lowest BCUT2D eigenvalue weighted by Crippen LogP contribution is -2.29. The van der Waals surface area contributed by atoms with Gasteiger partial charge < -0.3 is 18.9 Å². The Labute approximate surface area is 163 Å². The van der Waals surface area contributed by atoms with Gasteiger partial charge in [0.2, 0.25) is 0 Å². The minimum Gasteiger partial charge on any atom is -0.458 e. The summed E-state index contributed by atoms with van der Waals surface area (Å²) in [6.45, 7) is 7.26. The molecule has 7 heteroatoms. The Morgan fingerprint density at radius 1 is 1.25 bits per heavy atom. The van der Waals surface area contributed by atoms with Gasteiger partial charge in [-0.2, -0.15) is 0 Å². The quantitative estimate of drug-likeness (QED) is 0.241. The Bertz CT molecular complexity index is 845. The average molecular weight is 388 g/mol. The highest BCUT2D eigenvalue weighted by Gasteiger charge is 2.58. The van der Waals surface area contributed by atoms with E-state index in [0.29, 0.717) is 11.1 Å². The Balaban J connectivity index is 1.67. The Morgan fingerprint density at radius 3 is 2.64 bits per heavy atom. The van der Waals surface area contributed by atoms with Gasteiger partial charge in [-0.05, 0) is 42.7 Å². The summed E-state index contributed by atoms with van der Waals surface area (Å²) in [6.07, 6.45) is 3.76. The third-order valence-electron chi connectivity index (χ3n) is 5.99. The number of rotatable bonds is 3. The molecule has 0 saturated carbocycles. The van der Waals surface area contributed by atoms with Gasteiger partial charge in [0, 0.05) is 18.6 Å². The van der Waals surface area contributed by atoms with E-state index in [0.717, 1.165) is 30.4 Å². The lowest BCUT2D eigenvalue weighted by Gasteiger charge is -2.34. The molecule has 150 valence electrons. The van der Waals surface area contributed by atoms with Crippen molar-refractivity contribution in [1.82, 2.24) is 0 Å². The van der Waals surface area contributed by atoms with Crippen LogP contribution in [0.5, 0.6) is 0 Å². The molecular formula is C21H24O7. The number of cyclic esters (lactones) is 1. The molecule has 0 radical (unpaired) electrons. The zero-order valence-corrected chi connectivity index (χ0v) is 16.4. The maximum absolute atomic E-state index is 12.6. The summed E-state index contributed by atoms with van der Waals surface area (Å²) in [5.41, 5.74) is 2.74. The molecule has 0 amide bonds. The van der Waals surface area contributed by atoms with Crippen LogP contribution in [-0.4, -0.2) is 36.4 Å². The maximum atomic E-state index is 12.6. The molecule has 0 unspecified atom stereocenters. The first kappa shape index (κ1) is 18.8. The number of carbonyl (C=O) groups is 3. The van der Waals surface area contributed by atoms with Gasteiger partial charge in [0.25, 0.3) is 6.29 Å². The number of esters is 3. The summed E-state index contributed by atoms with van der Waals surface area (Å²) in [7, 11) is 0. The number of carbonyl (C=O) groups excluding carboxylic acids is 3. The van der Waals surface area contributed by atoms with Crippen molar-refractivity contribution in [1.29, 1.82) is 0 Å². The van der Waals surface area contributed by atoms with Crippen LogP contribution in [0, 0.1) is 11.3 Å². The fraction of sp³-hybridized carbons (Fsp3) is 0.571. The zero-order chi connectivity index (χ0) is 20.2. The molecule has 2 aliphatic heterocycles. The monoisotopic (exact) mass is 388 g/mol. The average Bonchev–Trinajstić information content (AvgIpc) is 3.18. The SMILES string of the molecule is CC(=O)O[C@@H]1C2=C([C@H]3OC(=O)C(=CO[C@H]4C=C(C)C(=O)O4)[C@@H]13)C(C)(C)CCC2. The van der Waals surface area contributed by atoms with E-state index in [1.54, 1.807) is 13.0 Å². The highest BCUT2D eigenvalue weighted by Crippen LogP contribution is 2.55. The number of hydrogen-bond acceptors (Lipinski definition) is 7. The molecule has 1 saturated heterocycles. The summed E-state index contributed by atoms with van der Waals surface area (Å²) in [5.74, 6) is -1.79. The van der Waals surface area contributed by atoms with Crippen molar-refractivity contribution < 1.29 is 33.3 Å². The molecule has 0 aromatic carbocycles. The van der Waals surface area contributed by atoms with Crippen molar-refractivity contribution in [2.75, 3.05) is 0 Å². The van der Waals surface area contributed by atoms with E-state index in [-0.39, 0.29) is 5.41 Å². The predicted molar refractivity (Wildman–Crippen MR) is 96.4 cm³/mol. The highest BCUT2D eigenvalue weighted by atomic mass is 16.7. The van der Waals surface area contributed by atoms with Crippen molar-refractivity contribution in [3.8, 4) is 0 Å². The molecule has 4 aliphatic rings. The number of fused-ring (bicyclic) bond motifs is 2. The van der Waals surface area contributed by atoms with E-state index in [9.17, 15) is 14.4 Å². The van der Waals surface area contributed by atoms with Gasteiger partial charge in [-0.15, -0.1) is 0 Å². The topological polar surface area (TPSA) is 88.1 Å². The summed E-state index contributed by atoms with van der Waals surface area (Å²) in [6, 6.07) is 0. The predicted octanol–water partition coefficient (Wildman–Crippen LogP) is 2.71. The molecule has 4 atom stereocenters. The molecule has 0 bridgehead atoms. The molecular weight excluding hydrogens is 364 g/mol. The van der Waals surface area contributed by atoms with E-state index in [1.165, 1.54) is 13.2 Å². The fourth-order valence-electron chi connectivity index (χ4n) is 4.78. The number of ether oxygens (including phenoxy) is 4. The van der Waals surface area contributed by atoms with Gasteiger partial charge in [0.05, 0.1) is 17.8 Å². The van der Waals surface area contributed by atoms with E-state index in [4.69, 9.17) is 18.9 Å². The van der Waals surface area contributed by atoms with Gasteiger partial charge in [-0.3, -0.25) is 4.79 Å². The second-order valence-corrected chi connectivity index (χ2v) is 8.39. The minimum atomic E-state index is -0.876.